The number of para-hydroxylation sites is 2. The zero-order valence-corrected chi connectivity index (χ0v) is 15.8. The molecule has 0 aliphatic heterocycles. The molecule has 28 heavy (non-hydrogen) atoms. The van der Waals surface area contributed by atoms with E-state index in [1.807, 2.05) is 18.2 Å². The summed E-state index contributed by atoms with van der Waals surface area (Å²) < 4.78 is 5.27. The Labute approximate surface area is 164 Å². The highest BCUT2D eigenvalue weighted by molar-refractivity contribution is 5.95. The highest BCUT2D eigenvalue weighted by atomic mass is 16.5. The van der Waals surface area contributed by atoms with E-state index in [2.05, 4.69) is 16.7 Å². The predicted molar refractivity (Wildman–Crippen MR) is 107 cm³/mol. The number of amides is 2. The molecule has 0 saturated heterocycles. The SMILES string of the molecule is COc1ccccc1NC(=O)C1CCC(C(=O)Nc2ccc(C#N)cc2)CC1. The molecule has 2 N–H and O–H groups in total. The van der Waals surface area contributed by atoms with Crippen molar-refractivity contribution in [2.45, 2.75) is 25.7 Å². The fourth-order valence-corrected chi connectivity index (χ4v) is 3.47. The van der Waals surface area contributed by atoms with Crippen LogP contribution in [0.2, 0.25) is 0 Å². The fraction of sp³-hybridized carbons (Fsp3) is 0.318. The Morgan fingerprint density at radius 1 is 0.929 bits per heavy atom. The molecule has 144 valence electrons. The van der Waals surface area contributed by atoms with E-state index < -0.39 is 0 Å². The number of rotatable bonds is 5. The second-order valence-corrected chi connectivity index (χ2v) is 6.92. The van der Waals surface area contributed by atoms with Gasteiger partial charge in [-0.2, -0.15) is 5.26 Å². The monoisotopic (exact) mass is 377 g/mol. The lowest BCUT2D eigenvalue weighted by Crippen LogP contribution is -2.32. The van der Waals surface area contributed by atoms with Gasteiger partial charge < -0.3 is 15.4 Å². The van der Waals surface area contributed by atoms with Crippen molar-refractivity contribution in [1.82, 2.24) is 0 Å². The molecule has 1 fully saturated rings. The van der Waals surface area contributed by atoms with Gasteiger partial charge in [-0.15, -0.1) is 0 Å². The lowest BCUT2D eigenvalue weighted by Gasteiger charge is -2.27. The zero-order valence-electron chi connectivity index (χ0n) is 15.8. The Hall–Kier alpha value is -3.33. The van der Waals surface area contributed by atoms with E-state index >= 15 is 0 Å². The van der Waals surface area contributed by atoms with Crippen molar-refractivity contribution in [2.75, 3.05) is 17.7 Å². The smallest absolute Gasteiger partial charge is 0.227 e. The average molecular weight is 377 g/mol. The third-order valence-corrected chi connectivity index (χ3v) is 5.12. The maximum Gasteiger partial charge on any atom is 0.227 e. The van der Waals surface area contributed by atoms with Crippen molar-refractivity contribution in [3.63, 3.8) is 0 Å². The van der Waals surface area contributed by atoms with Crippen LogP contribution in [0.15, 0.2) is 48.5 Å². The molecule has 6 heteroatoms. The number of carbonyl (C=O) groups is 2. The molecule has 3 rings (SSSR count). The minimum absolute atomic E-state index is 0.0320. The van der Waals surface area contributed by atoms with Crippen LogP contribution < -0.4 is 15.4 Å². The third kappa shape index (κ3) is 4.68. The summed E-state index contributed by atoms with van der Waals surface area (Å²) in [5.41, 5.74) is 1.90. The number of carbonyl (C=O) groups excluding carboxylic acids is 2. The second-order valence-electron chi connectivity index (χ2n) is 6.92. The first-order valence-electron chi connectivity index (χ1n) is 9.35. The molecule has 1 saturated carbocycles. The Morgan fingerprint density at radius 3 is 2.07 bits per heavy atom. The van der Waals surface area contributed by atoms with E-state index in [4.69, 9.17) is 10.00 Å². The lowest BCUT2D eigenvalue weighted by atomic mass is 9.81. The van der Waals surface area contributed by atoms with Crippen molar-refractivity contribution >= 4 is 23.2 Å². The summed E-state index contributed by atoms with van der Waals surface area (Å²) >= 11 is 0. The largest absolute Gasteiger partial charge is 0.495 e. The number of benzene rings is 2. The van der Waals surface area contributed by atoms with Crippen molar-refractivity contribution in [1.29, 1.82) is 5.26 Å². The molecule has 0 bridgehead atoms. The van der Waals surface area contributed by atoms with Gasteiger partial charge in [-0.05, 0) is 62.1 Å². The van der Waals surface area contributed by atoms with Crippen LogP contribution in [0.3, 0.4) is 0 Å². The zero-order chi connectivity index (χ0) is 19.9. The summed E-state index contributed by atoms with van der Waals surface area (Å²) in [5, 5.41) is 14.7. The Morgan fingerprint density at radius 2 is 1.50 bits per heavy atom. The molecule has 0 atom stereocenters. The molecule has 0 spiro atoms. The molecule has 1 aliphatic carbocycles. The van der Waals surface area contributed by atoms with Crippen LogP contribution in [0.4, 0.5) is 11.4 Å². The van der Waals surface area contributed by atoms with Gasteiger partial charge in [0.05, 0.1) is 24.4 Å². The highest BCUT2D eigenvalue weighted by Crippen LogP contribution is 2.32. The number of nitrogens with one attached hydrogen (secondary N) is 2. The van der Waals surface area contributed by atoms with E-state index in [1.54, 1.807) is 37.4 Å². The van der Waals surface area contributed by atoms with Crippen LogP contribution in [0.25, 0.3) is 0 Å². The molecule has 1 aliphatic rings. The highest BCUT2D eigenvalue weighted by Gasteiger charge is 2.30. The average Bonchev–Trinajstić information content (AvgIpc) is 2.74. The van der Waals surface area contributed by atoms with E-state index in [0.717, 1.165) is 0 Å². The Kier molecular flexibility index (Phi) is 6.28. The molecule has 2 aromatic carbocycles. The summed E-state index contributed by atoms with van der Waals surface area (Å²) in [7, 11) is 1.57. The van der Waals surface area contributed by atoms with Crippen LogP contribution in [0, 0.1) is 23.2 Å². The summed E-state index contributed by atoms with van der Waals surface area (Å²) in [5.74, 6) is 0.352. The molecule has 0 radical (unpaired) electrons. The summed E-state index contributed by atoms with van der Waals surface area (Å²) in [6, 6.07) is 16.2. The Bertz CT molecular complexity index is 879. The van der Waals surface area contributed by atoms with Gasteiger partial charge in [0.1, 0.15) is 5.75 Å². The number of nitriles is 1. The van der Waals surface area contributed by atoms with Gasteiger partial charge in [-0.1, -0.05) is 12.1 Å². The molecule has 0 heterocycles. The molecule has 6 nitrogen and oxygen atoms in total. The van der Waals surface area contributed by atoms with E-state index in [9.17, 15) is 9.59 Å². The van der Waals surface area contributed by atoms with Crippen LogP contribution in [0.1, 0.15) is 31.2 Å². The van der Waals surface area contributed by atoms with Gasteiger partial charge >= 0.3 is 0 Å². The number of methoxy groups -OCH3 is 1. The minimum Gasteiger partial charge on any atom is -0.495 e. The molecule has 0 aromatic heterocycles. The fourth-order valence-electron chi connectivity index (χ4n) is 3.47. The number of nitrogens with zero attached hydrogens (tertiary/aromatic N) is 1. The van der Waals surface area contributed by atoms with Gasteiger partial charge in [-0.3, -0.25) is 9.59 Å². The summed E-state index contributed by atoms with van der Waals surface area (Å²) in [6.45, 7) is 0. The summed E-state index contributed by atoms with van der Waals surface area (Å²) in [6.07, 6.45) is 2.69. The molecular weight excluding hydrogens is 354 g/mol. The molecule has 2 amide bonds. The summed E-state index contributed by atoms with van der Waals surface area (Å²) in [4.78, 5) is 25.0. The molecule has 0 unspecified atom stereocenters. The van der Waals surface area contributed by atoms with Gasteiger partial charge in [0.15, 0.2) is 0 Å². The number of ether oxygens (including phenoxy) is 1. The standard InChI is InChI=1S/C22H23N3O3/c1-28-20-5-3-2-4-19(20)25-22(27)17-10-8-16(9-11-17)21(26)24-18-12-6-15(14-23)7-13-18/h2-7,12-13,16-17H,8-11H2,1H3,(H,24,26)(H,25,27). The van der Waals surface area contributed by atoms with Crippen molar-refractivity contribution < 1.29 is 14.3 Å². The van der Waals surface area contributed by atoms with Gasteiger partial charge in [-0.25, -0.2) is 0 Å². The number of hydrogen-bond acceptors (Lipinski definition) is 4. The lowest BCUT2D eigenvalue weighted by molar-refractivity contribution is -0.125. The van der Waals surface area contributed by atoms with E-state index in [1.165, 1.54) is 0 Å². The van der Waals surface area contributed by atoms with Crippen LogP contribution in [0.5, 0.6) is 5.75 Å². The van der Waals surface area contributed by atoms with Crippen molar-refractivity contribution in [3.8, 4) is 11.8 Å². The normalized spacial score (nSPS) is 18.6. The minimum atomic E-state index is -0.108. The quantitative estimate of drug-likeness (QED) is 0.825. The van der Waals surface area contributed by atoms with E-state index in [-0.39, 0.29) is 23.7 Å². The maximum atomic E-state index is 12.6. The second kappa shape index (κ2) is 9.05. The van der Waals surface area contributed by atoms with Gasteiger partial charge in [0.25, 0.3) is 0 Å². The number of anilines is 2. The first-order valence-corrected chi connectivity index (χ1v) is 9.35. The van der Waals surface area contributed by atoms with Crippen molar-refractivity contribution in [2.24, 2.45) is 11.8 Å². The van der Waals surface area contributed by atoms with Crippen LogP contribution in [-0.2, 0) is 9.59 Å². The topological polar surface area (TPSA) is 91.2 Å². The first-order chi connectivity index (χ1) is 13.6. The third-order valence-electron chi connectivity index (χ3n) is 5.12. The first kappa shape index (κ1) is 19.4. The van der Waals surface area contributed by atoms with Gasteiger partial charge in [0.2, 0.25) is 11.8 Å². The van der Waals surface area contributed by atoms with E-state index in [0.29, 0.717) is 48.4 Å². The predicted octanol–water partition coefficient (Wildman–Crippen LogP) is 3.95. The number of hydrogen-bond donors (Lipinski definition) is 2. The van der Waals surface area contributed by atoms with Crippen molar-refractivity contribution in [3.05, 3.63) is 54.1 Å². The maximum absolute atomic E-state index is 12.6. The molecular formula is C22H23N3O3. The Balaban J connectivity index is 1.51. The van der Waals surface area contributed by atoms with Crippen LogP contribution >= 0.6 is 0 Å². The van der Waals surface area contributed by atoms with Gasteiger partial charge in [0, 0.05) is 17.5 Å². The molecule has 2 aromatic rings. The van der Waals surface area contributed by atoms with Crippen LogP contribution in [-0.4, -0.2) is 18.9 Å².